The molecular formula is C20H20N2O3S2. The van der Waals surface area contributed by atoms with Crippen LogP contribution in [0.2, 0.25) is 0 Å². The maximum atomic E-state index is 12.4. The van der Waals surface area contributed by atoms with Crippen LogP contribution >= 0.6 is 23.1 Å². The first-order valence-electron chi connectivity index (χ1n) is 8.45. The van der Waals surface area contributed by atoms with Crippen LogP contribution in [0.4, 0.5) is 5.00 Å². The summed E-state index contributed by atoms with van der Waals surface area (Å²) in [4.78, 5) is 17.0. The maximum Gasteiger partial charge on any atom is 0.262 e. The Morgan fingerprint density at radius 1 is 1.11 bits per heavy atom. The van der Waals surface area contributed by atoms with Crippen LogP contribution in [0.1, 0.15) is 6.92 Å². The average Bonchev–Trinajstić information content (AvgIpc) is 3.10. The normalized spacial score (nSPS) is 10.4. The Morgan fingerprint density at radius 3 is 2.48 bits per heavy atom. The number of carbonyl (C=O) groups excluding carboxylic acids is 1. The Morgan fingerprint density at radius 2 is 1.81 bits per heavy atom. The highest BCUT2D eigenvalue weighted by Gasteiger charge is 2.16. The largest absolute Gasteiger partial charge is 0.497 e. The molecule has 0 fully saturated rings. The van der Waals surface area contributed by atoms with Crippen molar-refractivity contribution in [1.82, 2.24) is 4.98 Å². The van der Waals surface area contributed by atoms with Gasteiger partial charge in [-0.25, -0.2) is 4.98 Å². The molecule has 0 bridgehead atoms. The summed E-state index contributed by atoms with van der Waals surface area (Å²) >= 11 is 3.14. The van der Waals surface area contributed by atoms with Gasteiger partial charge in [0.2, 0.25) is 0 Å². The summed E-state index contributed by atoms with van der Waals surface area (Å²) in [5, 5.41) is 3.67. The van der Waals surface area contributed by atoms with Crippen LogP contribution in [0.3, 0.4) is 0 Å². The molecule has 27 heavy (non-hydrogen) atoms. The number of amides is 1. The van der Waals surface area contributed by atoms with Crippen molar-refractivity contribution in [2.24, 2.45) is 0 Å². The van der Waals surface area contributed by atoms with E-state index in [-0.39, 0.29) is 12.5 Å². The second kappa shape index (κ2) is 9.43. The number of rotatable bonds is 8. The third kappa shape index (κ3) is 5.24. The van der Waals surface area contributed by atoms with Gasteiger partial charge >= 0.3 is 0 Å². The second-order valence-corrected chi connectivity index (χ2v) is 7.98. The molecule has 1 N–H and O–H groups in total. The van der Waals surface area contributed by atoms with Crippen LogP contribution < -0.4 is 14.8 Å². The van der Waals surface area contributed by atoms with E-state index in [0.29, 0.717) is 5.75 Å². The lowest BCUT2D eigenvalue weighted by Gasteiger charge is -2.08. The molecule has 1 aromatic heterocycles. The van der Waals surface area contributed by atoms with Crippen molar-refractivity contribution in [1.29, 1.82) is 0 Å². The van der Waals surface area contributed by atoms with Gasteiger partial charge in [-0.3, -0.25) is 4.79 Å². The lowest BCUT2D eigenvalue weighted by molar-refractivity contribution is -0.118. The zero-order valence-electron chi connectivity index (χ0n) is 15.1. The summed E-state index contributed by atoms with van der Waals surface area (Å²) in [6, 6.07) is 17.0. The summed E-state index contributed by atoms with van der Waals surface area (Å²) in [6.45, 7) is 2.00. The molecule has 1 amide bonds. The van der Waals surface area contributed by atoms with Gasteiger partial charge in [-0.05, 0) is 30.0 Å². The number of nitrogens with one attached hydrogen (secondary N) is 1. The Hall–Kier alpha value is -2.51. The SMILES string of the molecule is CCSc1nc(-c2ccccc2)c(NC(=O)COc2ccc(OC)cc2)s1. The number of aromatic nitrogens is 1. The molecule has 0 aliphatic rings. The number of anilines is 1. The van der Waals surface area contributed by atoms with Crippen molar-refractivity contribution >= 4 is 34.0 Å². The van der Waals surface area contributed by atoms with Crippen molar-refractivity contribution in [3.63, 3.8) is 0 Å². The van der Waals surface area contributed by atoms with Gasteiger partial charge < -0.3 is 14.8 Å². The van der Waals surface area contributed by atoms with Crippen molar-refractivity contribution in [3.8, 4) is 22.8 Å². The molecule has 0 unspecified atom stereocenters. The van der Waals surface area contributed by atoms with E-state index >= 15 is 0 Å². The molecule has 140 valence electrons. The minimum atomic E-state index is -0.223. The molecule has 0 spiro atoms. The number of nitrogens with zero attached hydrogens (tertiary/aromatic N) is 1. The van der Waals surface area contributed by atoms with Crippen molar-refractivity contribution in [3.05, 3.63) is 54.6 Å². The predicted molar refractivity (Wildman–Crippen MR) is 111 cm³/mol. The number of thiazole rings is 1. The molecule has 0 atom stereocenters. The zero-order valence-corrected chi connectivity index (χ0v) is 16.7. The predicted octanol–water partition coefficient (Wildman–Crippen LogP) is 4.95. The van der Waals surface area contributed by atoms with Crippen LogP contribution in [0.15, 0.2) is 58.9 Å². The summed E-state index contributed by atoms with van der Waals surface area (Å²) in [7, 11) is 1.60. The van der Waals surface area contributed by atoms with Gasteiger partial charge in [0.05, 0.1) is 7.11 Å². The van der Waals surface area contributed by atoms with E-state index in [2.05, 4.69) is 17.2 Å². The van der Waals surface area contributed by atoms with Gasteiger partial charge in [-0.15, -0.1) is 0 Å². The molecule has 0 aliphatic heterocycles. The van der Waals surface area contributed by atoms with Crippen LogP contribution in [0.5, 0.6) is 11.5 Å². The Bertz CT molecular complexity index is 880. The molecule has 0 aliphatic carbocycles. The summed E-state index contributed by atoms with van der Waals surface area (Å²) < 4.78 is 11.6. The Balaban J connectivity index is 1.69. The topological polar surface area (TPSA) is 60.5 Å². The standard InChI is InChI=1S/C20H20N2O3S2/c1-3-26-20-22-18(14-7-5-4-6-8-14)19(27-20)21-17(23)13-25-16-11-9-15(24-2)10-12-16/h4-12H,3,13H2,1-2H3,(H,21,23). The van der Waals surface area contributed by atoms with Crippen molar-refractivity contribution in [2.75, 3.05) is 24.8 Å². The van der Waals surface area contributed by atoms with Crippen molar-refractivity contribution < 1.29 is 14.3 Å². The Labute approximate surface area is 166 Å². The number of thioether (sulfide) groups is 1. The highest BCUT2D eigenvalue weighted by molar-refractivity contribution is 8.01. The molecule has 7 heteroatoms. The first-order valence-corrected chi connectivity index (χ1v) is 10.3. The zero-order chi connectivity index (χ0) is 19.1. The number of carbonyl (C=O) groups is 1. The molecule has 3 rings (SSSR count). The summed E-state index contributed by atoms with van der Waals surface area (Å²) in [5.41, 5.74) is 1.76. The molecule has 0 radical (unpaired) electrons. The van der Waals surface area contributed by atoms with Gasteiger partial charge in [-0.2, -0.15) is 0 Å². The third-order valence-corrected chi connectivity index (χ3v) is 5.60. The lowest BCUT2D eigenvalue weighted by Crippen LogP contribution is -2.19. The van der Waals surface area contributed by atoms with Gasteiger partial charge in [0.1, 0.15) is 22.2 Å². The first kappa shape index (κ1) is 19.3. The van der Waals surface area contributed by atoms with Gasteiger partial charge in [-0.1, -0.05) is 60.4 Å². The number of methoxy groups -OCH3 is 1. The fourth-order valence-electron chi connectivity index (χ4n) is 2.35. The van der Waals surface area contributed by atoms with Crippen LogP contribution in [-0.2, 0) is 4.79 Å². The molecule has 0 saturated heterocycles. The van der Waals surface area contributed by atoms with E-state index in [1.165, 1.54) is 11.3 Å². The number of hydrogen-bond acceptors (Lipinski definition) is 6. The van der Waals surface area contributed by atoms with E-state index in [0.717, 1.165) is 32.1 Å². The van der Waals surface area contributed by atoms with Crippen LogP contribution in [0.25, 0.3) is 11.3 Å². The van der Waals surface area contributed by atoms with Crippen molar-refractivity contribution in [2.45, 2.75) is 11.3 Å². The van der Waals surface area contributed by atoms with E-state index < -0.39 is 0 Å². The van der Waals surface area contributed by atoms with Crippen LogP contribution in [-0.4, -0.2) is 30.4 Å². The van der Waals surface area contributed by atoms with E-state index in [1.807, 2.05) is 30.3 Å². The fraction of sp³-hybridized carbons (Fsp3) is 0.200. The van der Waals surface area contributed by atoms with E-state index in [4.69, 9.17) is 9.47 Å². The maximum absolute atomic E-state index is 12.4. The summed E-state index contributed by atoms with van der Waals surface area (Å²) in [5.74, 6) is 2.06. The van der Waals surface area contributed by atoms with Crippen LogP contribution in [0, 0.1) is 0 Å². The Kier molecular flexibility index (Phi) is 6.73. The minimum Gasteiger partial charge on any atom is -0.497 e. The minimum absolute atomic E-state index is 0.0747. The first-order chi connectivity index (χ1) is 13.2. The number of benzene rings is 2. The number of ether oxygens (including phenoxy) is 2. The molecule has 1 heterocycles. The lowest BCUT2D eigenvalue weighted by atomic mass is 10.2. The van der Waals surface area contributed by atoms with Gasteiger partial charge in [0, 0.05) is 5.56 Å². The third-order valence-electron chi connectivity index (χ3n) is 3.60. The smallest absolute Gasteiger partial charge is 0.262 e. The number of hydrogen-bond donors (Lipinski definition) is 1. The molecule has 2 aromatic carbocycles. The molecular weight excluding hydrogens is 380 g/mol. The highest BCUT2D eigenvalue weighted by Crippen LogP contribution is 2.37. The van der Waals surface area contributed by atoms with E-state index in [9.17, 15) is 4.79 Å². The van der Waals surface area contributed by atoms with Gasteiger partial charge in [0.25, 0.3) is 5.91 Å². The quantitative estimate of drug-likeness (QED) is 0.542. The second-order valence-electron chi connectivity index (χ2n) is 5.47. The van der Waals surface area contributed by atoms with Gasteiger partial charge in [0.15, 0.2) is 10.9 Å². The van der Waals surface area contributed by atoms with E-state index in [1.54, 1.807) is 43.1 Å². The fourth-order valence-corrected chi connectivity index (χ4v) is 4.32. The average molecular weight is 401 g/mol. The highest BCUT2D eigenvalue weighted by atomic mass is 32.2. The summed E-state index contributed by atoms with van der Waals surface area (Å²) in [6.07, 6.45) is 0. The molecule has 0 saturated carbocycles. The molecule has 3 aromatic rings. The molecule has 5 nitrogen and oxygen atoms in total. The monoisotopic (exact) mass is 400 g/mol.